The minimum atomic E-state index is -0.981. The highest BCUT2D eigenvalue weighted by Gasteiger charge is 2.30. The molecule has 8 nitrogen and oxygen atoms in total. The Kier molecular flexibility index (Phi) is 6.76. The molecule has 0 aliphatic rings. The number of halogens is 1. The molecule has 9 heteroatoms. The van der Waals surface area contributed by atoms with Gasteiger partial charge in [0.05, 0.1) is 11.3 Å². The lowest BCUT2D eigenvalue weighted by molar-refractivity contribution is -0.125. The molecule has 4 N–H and O–H groups in total. The maximum Gasteiger partial charge on any atom is 0.294 e. The first-order chi connectivity index (χ1) is 14.0. The van der Waals surface area contributed by atoms with Crippen molar-refractivity contribution in [2.24, 2.45) is 12.8 Å². The van der Waals surface area contributed by atoms with Crippen molar-refractivity contribution in [1.29, 1.82) is 0 Å². The Balaban J connectivity index is 2.34. The van der Waals surface area contributed by atoms with E-state index < -0.39 is 29.5 Å². The fourth-order valence-corrected chi connectivity index (χ4v) is 3.26. The highest BCUT2D eigenvalue weighted by molar-refractivity contribution is 6.43. The van der Waals surface area contributed by atoms with Crippen LogP contribution in [0.5, 0.6) is 0 Å². The van der Waals surface area contributed by atoms with Crippen molar-refractivity contribution in [2.45, 2.75) is 40.2 Å². The number of Topliss-reactive ketones (excluding diaryl/α,β-unsaturated/α-hetero) is 1. The predicted molar refractivity (Wildman–Crippen MR) is 110 cm³/mol. The lowest BCUT2D eigenvalue weighted by atomic mass is 10.1. The molecule has 0 fully saturated rings. The van der Waals surface area contributed by atoms with Crippen LogP contribution in [-0.2, 0) is 16.6 Å². The van der Waals surface area contributed by atoms with Crippen molar-refractivity contribution in [3.05, 3.63) is 52.1 Å². The SMILES string of the molecule is CCC(NC(=O)C(=O)c1c(C)c(C(=O)Nc2ccc(F)c(C)c2)c(C)n1C)C(N)=O. The van der Waals surface area contributed by atoms with E-state index in [1.54, 1.807) is 34.7 Å². The molecular formula is C21H25FN4O4. The van der Waals surface area contributed by atoms with Crippen molar-refractivity contribution in [1.82, 2.24) is 9.88 Å². The second kappa shape index (κ2) is 8.89. The van der Waals surface area contributed by atoms with Gasteiger partial charge in [-0.25, -0.2) is 4.39 Å². The third kappa shape index (κ3) is 4.40. The average Bonchev–Trinajstić information content (AvgIpc) is 2.90. The zero-order valence-electron chi connectivity index (χ0n) is 17.6. The van der Waals surface area contributed by atoms with Gasteiger partial charge >= 0.3 is 0 Å². The number of carbonyl (C=O) groups excluding carboxylic acids is 4. The molecule has 160 valence electrons. The number of nitrogens with one attached hydrogen (secondary N) is 2. The van der Waals surface area contributed by atoms with E-state index in [0.29, 0.717) is 22.5 Å². The number of hydrogen-bond acceptors (Lipinski definition) is 4. The van der Waals surface area contributed by atoms with E-state index in [2.05, 4.69) is 10.6 Å². The van der Waals surface area contributed by atoms with Gasteiger partial charge in [0.1, 0.15) is 11.9 Å². The maximum absolute atomic E-state index is 13.5. The summed E-state index contributed by atoms with van der Waals surface area (Å²) in [5.74, 6) is -3.48. The topological polar surface area (TPSA) is 123 Å². The molecule has 1 unspecified atom stereocenters. The number of hydrogen-bond donors (Lipinski definition) is 3. The maximum atomic E-state index is 13.5. The number of nitrogens with zero attached hydrogens (tertiary/aromatic N) is 1. The molecule has 30 heavy (non-hydrogen) atoms. The Morgan fingerprint density at radius 1 is 1.17 bits per heavy atom. The van der Waals surface area contributed by atoms with E-state index in [-0.39, 0.29) is 23.5 Å². The van der Waals surface area contributed by atoms with Crippen molar-refractivity contribution in [3.8, 4) is 0 Å². The number of rotatable bonds is 7. The summed E-state index contributed by atoms with van der Waals surface area (Å²) < 4.78 is 14.9. The first kappa shape index (κ1) is 22.8. The van der Waals surface area contributed by atoms with Crippen LogP contribution in [-0.4, -0.2) is 34.1 Å². The molecule has 1 heterocycles. The summed E-state index contributed by atoms with van der Waals surface area (Å²) in [7, 11) is 1.56. The number of aromatic nitrogens is 1. The number of amides is 3. The molecule has 0 saturated carbocycles. The molecule has 0 spiro atoms. The van der Waals surface area contributed by atoms with Crippen LogP contribution in [0.15, 0.2) is 18.2 Å². The number of primary amides is 1. The molecule has 0 saturated heterocycles. The lowest BCUT2D eigenvalue weighted by Crippen LogP contribution is -2.46. The van der Waals surface area contributed by atoms with Crippen LogP contribution in [0.3, 0.4) is 0 Å². The molecule has 0 bridgehead atoms. The third-order valence-corrected chi connectivity index (χ3v) is 5.05. The van der Waals surface area contributed by atoms with Crippen LogP contribution in [0.25, 0.3) is 0 Å². The van der Waals surface area contributed by atoms with Crippen LogP contribution in [0.4, 0.5) is 10.1 Å². The Bertz CT molecular complexity index is 1040. The summed E-state index contributed by atoms with van der Waals surface area (Å²) in [6.45, 7) is 6.43. The number of nitrogens with two attached hydrogens (primary N) is 1. The van der Waals surface area contributed by atoms with E-state index in [0.717, 1.165) is 0 Å². The molecule has 1 aromatic carbocycles. The van der Waals surface area contributed by atoms with E-state index in [1.807, 2.05) is 0 Å². The normalized spacial score (nSPS) is 11.7. The number of carbonyl (C=O) groups is 4. The lowest BCUT2D eigenvalue weighted by Gasteiger charge is -2.13. The molecule has 0 aliphatic carbocycles. The van der Waals surface area contributed by atoms with E-state index in [4.69, 9.17) is 5.73 Å². The first-order valence-electron chi connectivity index (χ1n) is 9.37. The Labute approximate surface area is 173 Å². The van der Waals surface area contributed by atoms with Gasteiger partial charge in [-0.05, 0) is 56.5 Å². The van der Waals surface area contributed by atoms with Gasteiger partial charge in [0.2, 0.25) is 5.91 Å². The predicted octanol–water partition coefficient (Wildman–Crippen LogP) is 1.90. The van der Waals surface area contributed by atoms with Gasteiger partial charge in [0.25, 0.3) is 17.6 Å². The van der Waals surface area contributed by atoms with Crippen molar-refractivity contribution < 1.29 is 23.6 Å². The molecule has 2 aromatic rings. The van der Waals surface area contributed by atoms with Crippen LogP contribution >= 0.6 is 0 Å². The average molecular weight is 416 g/mol. The zero-order chi connectivity index (χ0) is 22.7. The summed E-state index contributed by atoms with van der Waals surface area (Å²) in [5, 5.41) is 5.00. The van der Waals surface area contributed by atoms with Gasteiger partial charge in [-0.1, -0.05) is 6.92 Å². The van der Waals surface area contributed by atoms with E-state index in [1.165, 1.54) is 22.8 Å². The Morgan fingerprint density at radius 3 is 2.33 bits per heavy atom. The highest BCUT2D eigenvalue weighted by atomic mass is 19.1. The van der Waals surface area contributed by atoms with Crippen LogP contribution in [0, 0.1) is 26.6 Å². The standard InChI is InChI=1S/C21H25FN4O4/c1-6-15(19(23)28)25-21(30)18(27)17-11(3)16(12(4)26(17)5)20(29)24-13-7-8-14(22)10(2)9-13/h7-9,15H,6H2,1-5H3,(H2,23,28)(H,24,29)(H,25,30). The minimum absolute atomic E-state index is 0.0322. The van der Waals surface area contributed by atoms with Crippen LogP contribution < -0.4 is 16.4 Å². The van der Waals surface area contributed by atoms with Gasteiger partial charge in [0, 0.05) is 18.4 Å². The third-order valence-electron chi connectivity index (χ3n) is 5.05. The molecule has 0 aliphatic heterocycles. The fraction of sp³-hybridized carbons (Fsp3) is 0.333. The van der Waals surface area contributed by atoms with Gasteiger partial charge in [-0.2, -0.15) is 0 Å². The summed E-state index contributed by atoms with van der Waals surface area (Å²) in [4.78, 5) is 49.3. The second-order valence-electron chi connectivity index (χ2n) is 7.08. The summed E-state index contributed by atoms with van der Waals surface area (Å²) in [6.07, 6.45) is 0.240. The second-order valence-corrected chi connectivity index (χ2v) is 7.08. The van der Waals surface area contributed by atoms with E-state index >= 15 is 0 Å². The van der Waals surface area contributed by atoms with Crippen molar-refractivity contribution in [3.63, 3.8) is 0 Å². The van der Waals surface area contributed by atoms with Gasteiger partial charge in [-0.3, -0.25) is 19.2 Å². The van der Waals surface area contributed by atoms with E-state index in [9.17, 15) is 23.6 Å². The molecule has 1 atom stereocenters. The number of ketones is 1. The largest absolute Gasteiger partial charge is 0.368 e. The van der Waals surface area contributed by atoms with Crippen molar-refractivity contribution >= 4 is 29.2 Å². The zero-order valence-corrected chi connectivity index (χ0v) is 17.6. The monoisotopic (exact) mass is 416 g/mol. The molecule has 3 amide bonds. The van der Waals surface area contributed by atoms with Crippen molar-refractivity contribution in [2.75, 3.05) is 5.32 Å². The molecule has 2 rings (SSSR count). The summed E-state index contributed by atoms with van der Waals surface area (Å²) >= 11 is 0. The van der Waals surface area contributed by atoms with Gasteiger partial charge in [-0.15, -0.1) is 0 Å². The van der Waals surface area contributed by atoms with Crippen LogP contribution in [0.1, 0.15) is 51.0 Å². The summed E-state index contributed by atoms with van der Waals surface area (Å²) in [5.41, 5.74) is 7.05. The smallest absolute Gasteiger partial charge is 0.294 e. The quantitative estimate of drug-likeness (QED) is 0.471. The minimum Gasteiger partial charge on any atom is -0.368 e. The molecular weight excluding hydrogens is 391 g/mol. The molecule has 0 radical (unpaired) electrons. The highest BCUT2D eigenvalue weighted by Crippen LogP contribution is 2.24. The van der Waals surface area contributed by atoms with Crippen LogP contribution in [0.2, 0.25) is 0 Å². The number of benzene rings is 1. The first-order valence-corrected chi connectivity index (χ1v) is 9.37. The number of aryl methyl sites for hydroxylation is 1. The van der Waals surface area contributed by atoms with Gasteiger partial charge in [0.15, 0.2) is 0 Å². The Hall–Kier alpha value is -3.49. The number of anilines is 1. The molecule has 1 aromatic heterocycles. The fourth-order valence-electron chi connectivity index (χ4n) is 3.26. The summed E-state index contributed by atoms with van der Waals surface area (Å²) in [6, 6.07) is 3.21. The van der Waals surface area contributed by atoms with Gasteiger partial charge < -0.3 is 20.9 Å². The Morgan fingerprint density at radius 2 is 1.80 bits per heavy atom.